The normalized spacial score (nSPS) is 15.0. The van der Waals surface area contributed by atoms with Crippen LogP contribution in [-0.4, -0.2) is 45.6 Å². The molecule has 6 heteroatoms. The van der Waals surface area contributed by atoms with Crippen molar-refractivity contribution in [2.45, 2.75) is 45.4 Å². The molecular weight excluding hydrogens is 364 g/mol. The first-order valence-corrected chi connectivity index (χ1v) is 10.2. The van der Waals surface area contributed by atoms with Crippen LogP contribution >= 0.6 is 0 Å². The fourth-order valence-electron chi connectivity index (χ4n) is 3.68. The van der Waals surface area contributed by atoms with E-state index in [1.807, 2.05) is 41.3 Å². The van der Waals surface area contributed by atoms with Crippen molar-refractivity contribution in [2.24, 2.45) is 0 Å². The quantitative estimate of drug-likeness (QED) is 0.666. The zero-order valence-electron chi connectivity index (χ0n) is 17.6. The van der Waals surface area contributed by atoms with E-state index >= 15 is 0 Å². The Morgan fingerprint density at radius 1 is 1.07 bits per heavy atom. The van der Waals surface area contributed by atoms with Gasteiger partial charge in [0.25, 0.3) is 5.91 Å². The van der Waals surface area contributed by atoms with Crippen molar-refractivity contribution in [1.29, 1.82) is 0 Å². The Hall–Kier alpha value is -2.89. The summed E-state index contributed by atoms with van der Waals surface area (Å²) >= 11 is 0. The van der Waals surface area contributed by atoms with E-state index in [1.165, 1.54) is 6.42 Å². The first kappa shape index (κ1) is 19.4. The molecule has 1 saturated heterocycles. The lowest BCUT2D eigenvalue weighted by Crippen LogP contribution is -2.36. The SMILES string of the molecule is COc1cccc(-c2cc(C(=O)N3CCCCC3)n3nc(C(C)(C)C)cc3n2)c1. The molecule has 1 fully saturated rings. The highest BCUT2D eigenvalue weighted by atomic mass is 16.5. The third-order valence-corrected chi connectivity index (χ3v) is 5.42. The summed E-state index contributed by atoms with van der Waals surface area (Å²) in [6.07, 6.45) is 3.28. The predicted octanol–water partition coefficient (Wildman–Crippen LogP) is 4.33. The molecule has 3 aromatic rings. The number of rotatable bonds is 3. The monoisotopic (exact) mass is 392 g/mol. The summed E-state index contributed by atoms with van der Waals surface area (Å²) in [5, 5.41) is 4.75. The van der Waals surface area contributed by atoms with E-state index in [2.05, 4.69) is 20.8 Å². The van der Waals surface area contributed by atoms with Crippen LogP contribution in [-0.2, 0) is 5.41 Å². The molecule has 0 spiro atoms. The number of piperidine rings is 1. The molecule has 1 aromatic carbocycles. The molecule has 152 valence electrons. The van der Waals surface area contributed by atoms with Crippen molar-refractivity contribution in [2.75, 3.05) is 20.2 Å². The summed E-state index contributed by atoms with van der Waals surface area (Å²) in [6, 6.07) is 11.6. The second kappa shape index (κ2) is 7.50. The molecule has 0 aliphatic carbocycles. The maximum absolute atomic E-state index is 13.4. The predicted molar refractivity (Wildman–Crippen MR) is 113 cm³/mol. The Labute approximate surface area is 171 Å². The number of ether oxygens (including phenoxy) is 1. The van der Waals surface area contributed by atoms with Crippen LogP contribution in [0.15, 0.2) is 36.4 Å². The second-order valence-corrected chi connectivity index (χ2v) is 8.66. The van der Waals surface area contributed by atoms with Crippen molar-refractivity contribution >= 4 is 11.6 Å². The standard InChI is InChI=1S/C23H28N4O2/c1-23(2,3)20-15-21-24-18(16-9-8-10-17(13-16)29-4)14-19(27(21)25-20)22(28)26-11-6-5-7-12-26/h8-10,13-15H,5-7,11-12H2,1-4H3. The Morgan fingerprint density at radius 2 is 1.83 bits per heavy atom. The molecule has 1 aliphatic heterocycles. The Morgan fingerprint density at radius 3 is 2.52 bits per heavy atom. The molecule has 29 heavy (non-hydrogen) atoms. The molecule has 2 aromatic heterocycles. The number of aromatic nitrogens is 3. The van der Waals surface area contributed by atoms with Gasteiger partial charge in [-0.1, -0.05) is 32.9 Å². The van der Waals surface area contributed by atoms with Gasteiger partial charge in [-0.2, -0.15) is 5.10 Å². The number of carbonyl (C=O) groups is 1. The van der Waals surface area contributed by atoms with E-state index in [-0.39, 0.29) is 11.3 Å². The second-order valence-electron chi connectivity index (χ2n) is 8.66. The summed E-state index contributed by atoms with van der Waals surface area (Å²) in [5.74, 6) is 0.779. The lowest BCUT2D eigenvalue weighted by molar-refractivity contribution is 0.0715. The smallest absolute Gasteiger partial charge is 0.272 e. The first-order valence-electron chi connectivity index (χ1n) is 10.2. The van der Waals surface area contributed by atoms with E-state index in [1.54, 1.807) is 11.6 Å². The minimum atomic E-state index is -0.130. The summed E-state index contributed by atoms with van der Waals surface area (Å²) in [7, 11) is 1.65. The van der Waals surface area contributed by atoms with Crippen LogP contribution in [0, 0.1) is 0 Å². The Kier molecular flexibility index (Phi) is 5.03. The summed E-state index contributed by atoms with van der Waals surface area (Å²) in [5.41, 5.74) is 3.70. The van der Waals surface area contributed by atoms with E-state index < -0.39 is 0 Å². The van der Waals surface area contributed by atoms with Gasteiger partial charge in [-0.3, -0.25) is 4.79 Å². The molecule has 0 N–H and O–H groups in total. The molecule has 6 nitrogen and oxygen atoms in total. The Bertz CT molecular complexity index is 1040. The fraction of sp³-hybridized carbons (Fsp3) is 0.435. The maximum Gasteiger partial charge on any atom is 0.272 e. The Balaban J connectivity index is 1.88. The lowest BCUT2D eigenvalue weighted by atomic mass is 9.93. The topological polar surface area (TPSA) is 59.7 Å². The maximum atomic E-state index is 13.4. The van der Waals surface area contributed by atoms with Crippen molar-refractivity contribution in [3.05, 3.63) is 47.8 Å². The number of hydrogen-bond donors (Lipinski definition) is 0. The van der Waals surface area contributed by atoms with E-state index in [0.717, 1.165) is 48.6 Å². The summed E-state index contributed by atoms with van der Waals surface area (Å²) in [6.45, 7) is 7.94. The summed E-state index contributed by atoms with van der Waals surface area (Å²) in [4.78, 5) is 20.1. The average Bonchev–Trinajstić information content (AvgIpc) is 3.18. The van der Waals surface area contributed by atoms with Crippen LogP contribution in [0.1, 0.15) is 56.2 Å². The molecule has 0 atom stereocenters. The summed E-state index contributed by atoms with van der Waals surface area (Å²) < 4.78 is 7.07. The molecule has 1 aliphatic rings. The van der Waals surface area contributed by atoms with Gasteiger partial charge in [-0.05, 0) is 37.5 Å². The van der Waals surface area contributed by atoms with Gasteiger partial charge in [-0.25, -0.2) is 9.50 Å². The van der Waals surface area contributed by atoms with Gasteiger partial charge in [-0.15, -0.1) is 0 Å². The molecular formula is C23H28N4O2. The minimum absolute atomic E-state index is 0.0183. The zero-order valence-corrected chi connectivity index (χ0v) is 17.6. The van der Waals surface area contributed by atoms with Crippen molar-refractivity contribution in [3.63, 3.8) is 0 Å². The minimum Gasteiger partial charge on any atom is -0.497 e. The number of likely N-dealkylation sites (tertiary alicyclic amines) is 1. The van der Waals surface area contributed by atoms with Gasteiger partial charge in [0.2, 0.25) is 0 Å². The molecule has 0 bridgehead atoms. The van der Waals surface area contributed by atoms with Crippen LogP contribution in [0.2, 0.25) is 0 Å². The number of amides is 1. The number of hydrogen-bond acceptors (Lipinski definition) is 4. The van der Waals surface area contributed by atoms with E-state index in [4.69, 9.17) is 14.8 Å². The van der Waals surface area contributed by atoms with Crippen LogP contribution in [0.25, 0.3) is 16.9 Å². The highest BCUT2D eigenvalue weighted by molar-refractivity contribution is 5.94. The van der Waals surface area contributed by atoms with E-state index in [0.29, 0.717) is 11.3 Å². The van der Waals surface area contributed by atoms with Crippen LogP contribution in [0.5, 0.6) is 5.75 Å². The molecule has 4 rings (SSSR count). The number of carbonyl (C=O) groups excluding carboxylic acids is 1. The van der Waals surface area contributed by atoms with Gasteiger partial charge in [0.15, 0.2) is 5.65 Å². The molecule has 0 unspecified atom stereocenters. The third-order valence-electron chi connectivity index (χ3n) is 5.42. The van der Waals surface area contributed by atoms with Crippen molar-refractivity contribution in [3.8, 4) is 17.0 Å². The highest BCUT2D eigenvalue weighted by Gasteiger charge is 2.25. The largest absolute Gasteiger partial charge is 0.497 e. The number of benzene rings is 1. The van der Waals surface area contributed by atoms with Gasteiger partial charge in [0.1, 0.15) is 11.4 Å². The number of fused-ring (bicyclic) bond motifs is 1. The van der Waals surface area contributed by atoms with Gasteiger partial charge < -0.3 is 9.64 Å². The average molecular weight is 393 g/mol. The molecule has 1 amide bonds. The highest BCUT2D eigenvalue weighted by Crippen LogP contribution is 2.27. The zero-order chi connectivity index (χ0) is 20.6. The first-order chi connectivity index (χ1) is 13.9. The third kappa shape index (κ3) is 3.84. The van der Waals surface area contributed by atoms with Crippen molar-refractivity contribution < 1.29 is 9.53 Å². The lowest BCUT2D eigenvalue weighted by Gasteiger charge is -2.26. The molecule has 0 saturated carbocycles. The molecule has 0 radical (unpaired) electrons. The molecule has 3 heterocycles. The van der Waals surface area contributed by atoms with E-state index in [9.17, 15) is 4.79 Å². The van der Waals surface area contributed by atoms with Crippen molar-refractivity contribution in [1.82, 2.24) is 19.5 Å². The number of methoxy groups -OCH3 is 1. The van der Waals surface area contributed by atoms with Gasteiger partial charge in [0, 0.05) is 30.1 Å². The van der Waals surface area contributed by atoms with Crippen LogP contribution in [0.4, 0.5) is 0 Å². The fourth-order valence-corrected chi connectivity index (χ4v) is 3.68. The number of nitrogens with zero attached hydrogens (tertiary/aromatic N) is 4. The van der Waals surface area contributed by atoms with Gasteiger partial charge in [0.05, 0.1) is 18.5 Å². The van der Waals surface area contributed by atoms with Crippen LogP contribution in [0.3, 0.4) is 0 Å². The van der Waals surface area contributed by atoms with Gasteiger partial charge >= 0.3 is 0 Å². The van der Waals surface area contributed by atoms with Crippen LogP contribution < -0.4 is 4.74 Å².